The molecule has 0 bridgehead atoms. The van der Waals surface area contributed by atoms with Crippen molar-refractivity contribution in [1.82, 2.24) is 4.57 Å². The molecular weight excluding hydrogens is 1020 g/mol. The summed E-state index contributed by atoms with van der Waals surface area (Å²) >= 11 is 1.97. The van der Waals surface area contributed by atoms with Crippen molar-refractivity contribution in [3.05, 3.63) is 173 Å². The van der Waals surface area contributed by atoms with E-state index in [0.717, 1.165) is 40.5 Å². The molecule has 4 aliphatic heterocycles. The minimum Gasteiger partial charge on any atom is -0.456 e. The smallest absolute Gasteiger partial charge is 0.252 e. The molecule has 7 heteroatoms. The number of anilines is 7. The van der Waals surface area contributed by atoms with Gasteiger partial charge in [-0.1, -0.05) is 165 Å². The molecule has 3 aromatic heterocycles. The summed E-state index contributed by atoms with van der Waals surface area (Å²) in [7, 11) is 0. The maximum Gasteiger partial charge on any atom is 0.252 e. The molecule has 4 unspecified atom stereocenters. The van der Waals surface area contributed by atoms with Gasteiger partial charge in [0.1, 0.15) is 11.2 Å². The second-order valence-corrected chi connectivity index (χ2v) is 29.8. The van der Waals surface area contributed by atoms with Crippen LogP contribution in [0.3, 0.4) is 0 Å². The molecule has 408 valence electrons. The van der Waals surface area contributed by atoms with Gasteiger partial charge < -0.3 is 23.7 Å². The summed E-state index contributed by atoms with van der Waals surface area (Å²) in [4.78, 5) is 8.38. The number of hydrogen-bond acceptors (Lipinski definition) is 5. The van der Waals surface area contributed by atoms with E-state index in [0.29, 0.717) is 0 Å². The van der Waals surface area contributed by atoms with E-state index >= 15 is 0 Å². The standard InChI is InChI=1S/C75H73BN4OS/c1-44-27-31-56-52(37-44)72(8)33-16-18-35-74(72,10)79(56)47-29-30-54-59(41-47)77(58-23-20-25-63-65(58)49-21-12-14-24-62(49)81-63)60-42-48(80-57-32-28-45(70(2,3)4)39-53(57)73(9)34-17-19-36-75(73,80)11)43-61-66(60)76(54)55-40-46(71(5,6)7)38-51-67(55)78(61)68-50-22-13-15-26-64(50)82-69(51)68/h12-15,20-32,37-43H,16-19,33-36H2,1-11H3. The van der Waals surface area contributed by atoms with Crippen LogP contribution in [0.15, 0.2) is 150 Å². The molecule has 5 nitrogen and oxygen atoms in total. The Bertz CT molecular complexity index is 4640. The fourth-order valence-electron chi connectivity index (χ4n) is 17.7. The van der Waals surface area contributed by atoms with E-state index in [-0.39, 0.29) is 39.5 Å². The lowest BCUT2D eigenvalue weighted by molar-refractivity contribution is 0.195. The first-order valence-electron chi connectivity index (χ1n) is 30.7. The van der Waals surface area contributed by atoms with Crippen molar-refractivity contribution in [2.75, 3.05) is 14.7 Å². The molecule has 8 aromatic carbocycles. The topological polar surface area (TPSA) is 27.8 Å². The maximum atomic E-state index is 6.89. The molecule has 2 aliphatic carbocycles. The Morgan fingerprint density at radius 3 is 1.87 bits per heavy atom. The Morgan fingerprint density at radius 2 is 1.12 bits per heavy atom. The van der Waals surface area contributed by atoms with E-state index in [1.54, 1.807) is 0 Å². The van der Waals surface area contributed by atoms with Crippen LogP contribution in [-0.2, 0) is 21.7 Å². The fraction of sp³-hybridized carbons (Fsp3) is 0.333. The summed E-state index contributed by atoms with van der Waals surface area (Å²) in [5, 5.41) is 4.98. The number of rotatable bonds is 3. The second kappa shape index (κ2) is 16.1. The number of nitrogens with zero attached hydrogens (tertiary/aromatic N) is 4. The molecule has 0 radical (unpaired) electrons. The van der Waals surface area contributed by atoms with Crippen LogP contribution >= 0.6 is 11.3 Å². The van der Waals surface area contributed by atoms with E-state index in [1.165, 1.54) is 154 Å². The lowest BCUT2D eigenvalue weighted by Gasteiger charge is -2.51. The van der Waals surface area contributed by atoms with Crippen LogP contribution in [0.25, 0.3) is 58.8 Å². The van der Waals surface area contributed by atoms with Crippen LogP contribution in [0.5, 0.6) is 0 Å². The lowest BCUT2D eigenvalue weighted by Crippen LogP contribution is -2.61. The van der Waals surface area contributed by atoms with Gasteiger partial charge in [0, 0.05) is 71.5 Å². The minimum absolute atomic E-state index is 0.00803. The first-order valence-corrected chi connectivity index (χ1v) is 31.5. The van der Waals surface area contributed by atoms with Crippen LogP contribution in [-0.4, -0.2) is 22.4 Å². The number of fused-ring (bicyclic) bond motifs is 18. The van der Waals surface area contributed by atoms with E-state index < -0.39 is 0 Å². The van der Waals surface area contributed by atoms with Gasteiger partial charge in [0.15, 0.2) is 0 Å². The summed E-state index contributed by atoms with van der Waals surface area (Å²) in [6.07, 6.45) is 9.54. The molecule has 0 amide bonds. The number of para-hydroxylation sites is 1. The molecule has 0 N–H and O–H groups in total. The molecule has 0 spiro atoms. The van der Waals surface area contributed by atoms with Crippen molar-refractivity contribution in [2.24, 2.45) is 0 Å². The van der Waals surface area contributed by atoms with E-state index in [1.807, 2.05) is 11.3 Å². The predicted molar refractivity (Wildman–Crippen MR) is 351 cm³/mol. The van der Waals surface area contributed by atoms with Gasteiger partial charge in [-0.3, -0.25) is 0 Å². The van der Waals surface area contributed by atoms with Crippen molar-refractivity contribution < 1.29 is 4.42 Å². The Morgan fingerprint density at radius 1 is 0.488 bits per heavy atom. The van der Waals surface area contributed by atoms with Crippen LogP contribution in [0.1, 0.15) is 148 Å². The largest absolute Gasteiger partial charge is 0.456 e. The predicted octanol–water partition coefficient (Wildman–Crippen LogP) is 18.9. The lowest BCUT2D eigenvalue weighted by atomic mass is 9.33. The third-order valence-electron chi connectivity index (χ3n) is 22.4. The van der Waals surface area contributed by atoms with E-state index in [4.69, 9.17) is 4.42 Å². The van der Waals surface area contributed by atoms with Gasteiger partial charge >= 0.3 is 0 Å². The molecule has 7 heterocycles. The Kier molecular flexibility index (Phi) is 9.70. The number of aromatic nitrogens is 1. The maximum absolute atomic E-state index is 6.89. The number of furan rings is 1. The molecule has 82 heavy (non-hydrogen) atoms. The summed E-state index contributed by atoms with van der Waals surface area (Å²) in [6, 6.07) is 57.8. The van der Waals surface area contributed by atoms with Crippen LogP contribution < -0.4 is 31.1 Å². The van der Waals surface area contributed by atoms with E-state index in [9.17, 15) is 0 Å². The molecule has 4 atom stereocenters. The third kappa shape index (κ3) is 6.11. The van der Waals surface area contributed by atoms with Crippen LogP contribution in [0.2, 0.25) is 0 Å². The Hall–Kier alpha value is -7.22. The van der Waals surface area contributed by atoms with Crippen molar-refractivity contribution in [3.63, 3.8) is 0 Å². The average Bonchev–Trinajstić information content (AvgIpc) is 1.49. The highest BCUT2D eigenvalue weighted by atomic mass is 32.1. The minimum atomic E-state index is -0.177. The van der Waals surface area contributed by atoms with Crippen molar-refractivity contribution in [1.29, 1.82) is 0 Å². The molecule has 2 fully saturated rings. The van der Waals surface area contributed by atoms with Gasteiger partial charge in [-0.2, -0.15) is 0 Å². The molecule has 6 aliphatic rings. The van der Waals surface area contributed by atoms with Gasteiger partial charge in [-0.25, -0.2) is 0 Å². The highest BCUT2D eigenvalue weighted by Gasteiger charge is 2.60. The SMILES string of the molecule is Cc1ccc2c(c1)C1(C)CCCCC1(C)N2c1ccc2c(c1)N(c1cccc3oc4ccccc4c13)c1cc(N3c4ccc(C(C)(C)C)cc4C4(C)CCCCC34C)cc3c1B2c1cc(C(C)(C)C)cc2c4sc5ccccc5c4n-3c12. The third-order valence-corrected chi connectivity index (χ3v) is 23.6. The van der Waals surface area contributed by atoms with E-state index in [2.05, 4.69) is 241 Å². The van der Waals surface area contributed by atoms with Gasteiger partial charge in [0.05, 0.1) is 37.9 Å². The molecular formula is C75H73BN4OS. The number of thiophene rings is 1. The summed E-state index contributed by atoms with van der Waals surface area (Å²) in [5.41, 5.74) is 25.5. The Balaban J connectivity index is 1.04. The molecule has 0 saturated heterocycles. The zero-order valence-electron chi connectivity index (χ0n) is 49.7. The monoisotopic (exact) mass is 1090 g/mol. The fourth-order valence-corrected chi connectivity index (χ4v) is 18.9. The summed E-state index contributed by atoms with van der Waals surface area (Å²) in [6.45, 7) is 27.0. The normalized spacial score (nSPS) is 23.5. The van der Waals surface area contributed by atoms with Crippen LogP contribution in [0, 0.1) is 6.92 Å². The average molecular weight is 1090 g/mol. The summed E-state index contributed by atoms with van der Waals surface area (Å²) < 4.78 is 12.4. The van der Waals surface area contributed by atoms with Crippen LogP contribution in [0.4, 0.5) is 39.8 Å². The number of hydrogen-bond donors (Lipinski definition) is 0. The number of aryl methyl sites for hydroxylation is 1. The van der Waals surface area contributed by atoms with Crippen molar-refractivity contribution in [3.8, 4) is 5.69 Å². The first-order chi connectivity index (χ1) is 39.3. The first kappa shape index (κ1) is 49.4. The molecule has 17 rings (SSSR count). The summed E-state index contributed by atoms with van der Waals surface area (Å²) in [5.74, 6) is 0. The van der Waals surface area contributed by atoms with Gasteiger partial charge in [-0.05, 0) is 163 Å². The molecule has 2 saturated carbocycles. The van der Waals surface area contributed by atoms with Gasteiger partial charge in [0.2, 0.25) is 0 Å². The Labute approximate surface area is 487 Å². The quantitative estimate of drug-likeness (QED) is 0.165. The second-order valence-electron chi connectivity index (χ2n) is 28.8. The van der Waals surface area contributed by atoms with Crippen molar-refractivity contribution >= 4 is 127 Å². The zero-order chi connectivity index (χ0) is 55.9. The highest BCUT2D eigenvalue weighted by molar-refractivity contribution is 7.26. The zero-order valence-corrected chi connectivity index (χ0v) is 50.5. The number of benzene rings is 8. The molecule has 11 aromatic rings. The highest BCUT2D eigenvalue weighted by Crippen LogP contribution is 2.64. The van der Waals surface area contributed by atoms with Gasteiger partial charge in [-0.15, -0.1) is 11.3 Å². The van der Waals surface area contributed by atoms with Gasteiger partial charge in [0.25, 0.3) is 6.71 Å². The van der Waals surface area contributed by atoms with Crippen molar-refractivity contribution in [2.45, 2.75) is 160 Å².